The summed E-state index contributed by atoms with van der Waals surface area (Å²) in [4.78, 5) is 13.4. The highest BCUT2D eigenvalue weighted by Crippen LogP contribution is 2.40. The molecule has 1 N–H and O–H groups in total. The van der Waals surface area contributed by atoms with Crippen LogP contribution in [0.4, 0.5) is 13.2 Å². The smallest absolute Gasteiger partial charge is 0.388 e. The number of halogens is 4. The van der Waals surface area contributed by atoms with Crippen LogP contribution in [0.5, 0.6) is 0 Å². The number of aromatic amines is 1. The van der Waals surface area contributed by atoms with Crippen LogP contribution in [0.3, 0.4) is 0 Å². The van der Waals surface area contributed by atoms with Gasteiger partial charge in [0.15, 0.2) is 5.82 Å². The molecule has 0 bridgehead atoms. The van der Waals surface area contributed by atoms with Gasteiger partial charge in [0.05, 0.1) is 34.8 Å². The lowest BCUT2D eigenvalue weighted by molar-refractivity contribution is -0.137. The van der Waals surface area contributed by atoms with Crippen molar-refractivity contribution in [2.24, 2.45) is 5.16 Å². The molecule has 1 spiro atoms. The van der Waals surface area contributed by atoms with Gasteiger partial charge in [-0.2, -0.15) is 13.2 Å². The van der Waals surface area contributed by atoms with Crippen molar-refractivity contribution in [3.8, 4) is 11.1 Å². The largest absolute Gasteiger partial charge is 0.417 e. The van der Waals surface area contributed by atoms with Crippen LogP contribution < -0.4 is 0 Å². The van der Waals surface area contributed by atoms with Crippen molar-refractivity contribution in [1.29, 1.82) is 0 Å². The zero-order valence-corrected chi connectivity index (χ0v) is 16.5. The number of alkyl halides is 3. The summed E-state index contributed by atoms with van der Waals surface area (Å²) in [6.07, 6.45) is -2.38. The minimum atomic E-state index is -4.47. The lowest BCUT2D eigenvalue weighted by Crippen LogP contribution is -2.36. The molecule has 2 aliphatic heterocycles. The molecule has 0 saturated carbocycles. The average Bonchev–Trinajstić information content (AvgIpc) is 3.33. The summed E-state index contributed by atoms with van der Waals surface area (Å²) in [5.41, 5.74) is 1.01. The molecule has 5 rings (SSSR count). The molecule has 3 aromatic rings. The predicted molar refractivity (Wildman–Crippen MR) is 107 cm³/mol. The van der Waals surface area contributed by atoms with E-state index in [-0.39, 0.29) is 11.2 Å². The number of fused-ring (bicyclic) bond motifs is 1. The molecule has 1 aromatic heterocycles. The quantitative estimate of drug-likeness (QED) is 0.572. The standard InChI is InChI=1S/C21H17ClF3N3O2/c22-15-9-12(13-3-1-2-4-14(13)21(23,24)25)10-16-18(15)27-19(26-16)17-11-20(30-28-17)5-7-29-8-6-20/h1-4,9-10H,5-8,11H2,(H,26,27). The van der Waals surface area contributed by atoms with Gasteiger partial charge in [0, 0.05) is 19.3 Å². The highest BCUT2D eigenvalue weighted by molar-refractivity contribution is 6.35. The van der Waals surface area contributed by atoms with E-state index < -0.39 is 11.7 Å². The van der Waals surface area contributed by atoms with E-state index in [9.17, 15) is 13.2 Å². The highest BCUT2D eigenvalue weighted by Gasteiger charge is 2.42. The summed E-state index contributed by atoms with van der Waals surface area (Å²) in [7, 11) is 0. The number of hydrogen-bond donors (Lipinski definition) is 1. The molecule has 0 aliphatic carbocycles. The molecular weight excluding hydrogens is 419 g/mol. The summed E-state index contributed by atoms with van der Waals surface area (Å²) in [5.74, 6) is 0.511. The van der Waals surface area contributed by atoms with Crippen LogP contribution in [0.25, 0.3) is 22.2 Å². The number of oxime groups is 1. The molecule has 2 aliphatic rings. The van der Waals surface area contributed by atoms with Crippen molar-refractivity contribution in [2.75, 3.05) is 13.2 Å². The first kappa shape index (κ1) is 19.4. The van der Waals surface area contributed by atoms with Crippen LogP contribution >= 0.6 is 11.6 Å². The Hall–Kier alpha value is -2.58. The van der Waals surface area contributed by atoms with Crippen LogP contribution in [0.15, 0.2) is 41.6 Å². The maximum Gasteiger partial charge on any atom is 0.417 e. The zero-order valence-electron chi connectivity index (χ0n) is 15.7. The number of hydrogen-bond acceptors (Lipinski definition) is 4. The van der Waals surface area contributed by atoms with E-state index in [1.807, 2.05) is 0 Å². The second kappa shape index (κ2) is 6.99. The first-order valence-corrected chi connectivity index (χ1v) is 9.92. The Kier molecular flexibility index (Phi) is 4.52. The first-order valence-electron chi connectivity index (χ1n) is 9.54. The predicted octanol–water partition coefficient (Wildman–Crippen LogP) is 5.58. The summed E-state index contributed by atoms with van der Waals surface area (Å²) in [6, 6.07) is 8.54. The molecule has 30 heavy (non-hydrogen) atoms. The Bertz CT molecular complexity index is 1150. The number of aromatic nitrogens is 2. The first-order chi connectivity index (χ1) is 14.3. The number of benzene rings is 2. The van der Waals surface area contributed by atoms with Gasteiger partial charge >= 0.3 is 6.18 Å². The summed E-state index contributed by atoms with van der Waals surface area (Å²) in [6.45, 7) is 1.24. The molecule has 0 radical (unpaired) electrons. The van der Waals surface area contributed by atoms with E-state index in [0.717, 1.165) is 18.9 Å². The van der Waals surface area contributed by atoms with E-state index in [4.69, 9.17) is 21.2 Å². The Morgan fingerprint density at radius 1 is 1.10 bits per heavy atom. The van der Waals surface area contributed by atoms with Crippen molar-refractivity contribution in [2.45, 2.75) is 31.0 Å². The number of H-pyrrole nitrogens is 1. The third kappa shape index (κ3) is 3.33. The zero-order chi connectivity index (χ0) is 20.9. The van der Waals surface area contributed by atoms with Gasteiger partial charge in [0.25, 0.3) is 0 Å². The van der Waals surface area contributed by atoms with Gasteiger partial charge in [-0.1, -0.05) is 35.0 Å². The topological polar surface area (TPSA) is 59.5 Å². The fourth-order valence-corrected chi connectivity index (χ4v) is 4.27. The third-order valence-corrected chi connectivity index (χ3v) is 5.90. The van der Waals surface area contributed by atoms with Gasteiger partial charge in [-0.15, -0.1) is 0 Å². The van der Waals surface area contributed by atoms with Crippen LogP contribution in [0.1, 0.15) is 30.7 Å². The molecule has 0 atom stereocenters. The maximum absolute atomic E-state index is 13.4. The summed E-state index contributed by atoms with van der Waals surface area (Å²) >= 11 is 6.40. The van der Waals surface area contributed by atoms with E-state index in [2.05, 4.69) is 15.1 Å². The van der Waals surface area contributed by atoms with Crippen LogP contribution in [0, 0.1) is 0 Å². The van der Waals surface area contributed by atoms with Crippen LogP contribution in [0.2, 0.25) is 5.02 Å². The fraction of sp³-hybridized carbons (Fsp3) is 0.333. The maximum atomic E-state index is 13.4. The lowest BCUT2D eigenvalue weighted by Gasteiger charge is -2.30. The second-order valence-electron chi connectivity index (χ2n) is 7.58. The number of rotatable bonds is 2. The van der Waals surface area contributed by atoms with Crippen molar-refractivity contribution in [3.05, 3.63) is 52.8 Å². The minimum absolute atomic E-state index is 0.0565. The monoisotopic (exact) mass is 435 g/mol. The van der Waals surface area contributed by atoms with Crippen molar-refractivity contribution in [1.82, 2.24) is 9.97 Å². The van der Waals surface area contributed by atoms with Crippen molar-refractivity contribution in [3.63, 3.8) is 0 Å². The van der Waals surface area contributed by atoms with E-state index in [1.165, 1.54) is 18.2 Å². The Morgan fingerprint density at radius 3 is 2.63 bits per heavy atom. The number of nitrogens with zero attached hydrogens (tertiary/aromatic N) is 2. The fourth-order valence-electron chi connectivity index (χ4n) is 4.01. The van der Waals surface area contributed by atoms with Gasteiger partial charge in [0.2, 0.25) is 0 Å². The summed E-state index contributed by atoms with van der Waals surface area (Å²) in [5, 5.41) is 4.50. The number of imidazole rings is 1. The molecule has 9 heteroatoms. The highest BCUT2D eigenvalue weighted by atomic mass is 35.5. The second-order valence-corrected chi connectivity index (χ2v) is 7.99. The normalized spacial score (nSPS) is 18.6. The van der Waals surface area contributed by atoms with Crippen molar-refractivity contribution < 1.29 is 22.7 Å². The Labute approximate surface area is 174 Å². The molecule has 1 saturated heterocycles. The molecule has 0 amide bonds. The van der Waals surface area contributed by atoms with Gasteiger partial charge in [-0.05, 0) is 29.3 Å². The van der Waals surface area contributed by atoms with Gasteiger partial charge in [-0.3, -0.25) is 0 Å². The van der Waals surface area contributed by atoms with Crippen LogP contribution in [-0.4, -0.2) is 34.5 Å². The molecule has 2 aromatic carbocycles. The van der Waals surface area contributed by atoms with E-state index in [0.29, 0.717) is 52.8 Å². The lowest BCUT2D eigenvalue weighted by atomic mass is 9.89. The number of nitrogens with one attached hydrogen (secondary N) is 1. The van der Waals surface area contributed by atoms with Gasteiger partial charge in [0.1, 0.15) is 11.3 Å². The third-order valence-electron chi connectivity index (χ3n) is 5.61. The molecular formula is C21H17ClF3N3O2. The average molecular weight is 436 g/mol. The minimum Gasteiger partial charge on any atom is -0.388 e. The molecule has 3 heterocycles. The van der Waals surface area contributed by atoms with Crippen LogP contribution in [-0.2, 0) is 15.8 Å². The van der Waals surface area contributed by atoms with E-state index in [1.54, 1.807) is 12.1 Å². The molecule has 5 nitrogen and oxygen atoms in total. The number of ether oxygens (including phenoxy) is 1. The Balaban J connectivity index is 1.52. The van der Waals surface area contributed by atoms with Crippen molar-refractivity contribution >= 4 is 28.3 Å². The molecule has 1 fully saturated rings. The van der Waals surface area contributed by atoms with Gasteiger partial charge in [-0.25, -0.2) is 4.98 Å². The van der Waals surface area contributed by atoms with E-state index >= 15 is 0 Å². The van der Waals surface area contributed by atoms with Gasteiger partial charge < -0.3 is 14.6 Å². The summed E-state index contributed by atoms with van der Waals surface area (Å²) < 4.78 is 45.7. The molecule has 0 unspecified atom stereocenters. The Morgan fingerprint density at radius 2 is 1.87 bits per heavy atom. The molecule has 156 valence electrons. The SMILES string of the molecule is FC(F)(F)c1ccccc1-c1cc(Cl)c2[nH]c(C3=NOC4(CCOCC4)C3)nc2c1.